The van der Waals surface area contributed by atoms with Gasteiger partial charge in [0.1, 0.15) is 5.82 Å². The molecule has 0 aliphatic carbocycles. The summed E-state index contributed by atoms with van der Waals surface area (Å²) in [6.45, 7) is 0. The van der Waals surface area contributed by atoms with Crippen molar-refractivity contribution in [2.24, 2.45) is 0 Å². The number of aromatic amines is 1. The third kappa shape index (κ3) is 2.80. The van der Waals surface area contributed by atoms with Crippen molar-refractivity contribution >= 4 is 23.4 Å². The minimum atomic E-state index is -0.0998. The zero-order valence-electron chi connectivity index (χ0n) is 10.2. The number of nitrogens with one attached hydrogen (secondary N) is 3. The highest BCUT2D eigenvalue weighted by Crippen LogP contribution is 2.20. The minimum absolute atomic E-state index is 0.0154. The molecule has 0 radical (unpaired) electrons. The molecule has 2 heterocycles. The van der Waals surface area contributed by atoms with Crippen LogP contribution in [-0.2, 0) is 4.79 Å². The van der Waals surface area contributed by atoms with Gasteiger partial charge in [0.15, 0.2) is 0 Å². The Bertz CT molecular complexity index is 564. The Morgan fingerprint density at radius 2 is 2.42 bits per heavy atom. The fraction of sp³-hybridized carbons (Fsp3) is 0.231. The van der Waals surface area contributed by atoms with Crippen LogP contribution in [-0.4, -0.2) is 33.5 Å². The van der Waals surface area contributed by atoms with Crippen LogP contribution in [0.3, 0.4) is 0 Å². The Labute approximate surface area is 115 Å². The Morgan fingerprint density at radius 3 is 3.16 bits per heavy atom. The number of amides is 1. The molecular formula is C13H14N4OS. The van der Waals surface area contributed by atoms with E-state index in [1.54, 1.807) is 24.2 Å². The standard InChI is InChI=1S/C13H14N4OS/c18-13(11-7-19-8-16-11)17-10-3-1-2-9(6-10)12-14-4-5-15-12/h1-6,11,16H,7-8H2,(H,14,15)(H,17,18). The maximum Gasteiger partial charge on any atom is 0.242 e. The molecule has 1 amide bonds. The molecule has 98 valence electrons. The SMILES string of the molecule is O=C(Nc1cccc(-c2ncc[nH]2)c1)C1CSCN1. The van der Waals surface area contributed by atoms with E-state index in [-0.39, 0.29) is 11.9 Å². The number of carbonyl (C=O) groups excluding carboxylic acids is 1. The third-order valence-corrected chi connectivity index (χ3v) is 3.87. The summed E-state index contributed by atoms with van der Waals surface area (Å²) in [5, 5.41) is 6.08. The quantitative estimate of drug-likeness (QED) is 0.796. The number of hydrogen-bond donors (Lipinski definition) is 3. The van der Waals surface area contributed by atoms with Gasteiger partial charge in [-0.25, -0.2) is 4.98 Å². The van der Waals surface area contributed by atoms with Crippen LogP contribution in [0.5, 0.6) is 0 Å². The van der Waals surface area contributed by atoms with Crippen LogP contribution in [0.15, 0.2) is 36.7 Å². The maximum absolute atomic E-state index is 12.0. The van der Waals surface area contributed by atoms with Crippen molar-refractivity contribution in [3.05, 3.63) is 36.7 Å². The number of thioether (sulfide) groups is 1. The fourth-order valence-corrected chi connectivity index (χ4v) is 2.90. The van der Waals surface area contributed by atoms with Crippen molar-refractivity contribution < 1.29 is 4.79 Å². The molecule has 1 saturated heterocycles. The summed E-state index contributed by atoms with van der Waals surface area (Å²) >= 11 is 1.74. The van der Waals surface area contributed by atoms with Crippen molar-refractivity contribution in [3.63, 3.8) is 0 Å². The van der Waals surface area contributed by atoms with Crippen LogP contribution in [0.25, 0.3) is 11.4 Å². The first-order valence-corrected chi connectivity index (χ1v) is 7.20. The van der Waals surface area contributed by atoms with Gasteiger partial charge in [-0.1, -0.05) is 12.1 Å². The van der Waals surface area contributed by atoms with Crippen LogP contribution in [0.2, 0.25) is 0 Å². The summed E-state index contributed by atoms with van der Waals surface area (Å²) < 4.78 is 0. The van der Waals surface area contributed by atoms with Gasteiger partial charge in [0.25, 0.3) is 0 Å². The molecule has 0 spiro atoms. The van der Waals surface area contributed by atoms with Crippen molar-refractivity contribution in [3.8, 4) is 11.4 Å². The first-order chi connectivity index (χ1) is 9.33. The molecule has 3 N–H and O–H groups in total. The molecule has 2 aromatic rings. The first kappa shape index (κ1) is 12.3. The molecule has 6 heteroatoms. The van der Waals surface area contributed by atoms with Crippen LogP contribution in [0.1, 0.15) is 0 Å². The van der Waals surface area contributed by atoms with Gasteiger partial charge in [0, 0.05) is 35.3 Å². The number of rotatable bonds is 3. The van der Waals surface area contributed by atoms with Crippen molar-refractivity contribution in [1.82, 2.24) is 15.3 Å². The van der Waals surface area contributed by atoms with Gasteiger partial charge in [-0.3, -0.25) is 10.1 Å². The van der Waals surface area contributed by atoms with Gasteiger partial charge in [0.05, 0.1) is 6.04 Å². The van der Waals surface area contributed by atoms with E-state index >= 15 is 0 Å². The van der Waals surface area contributed by atoms with Gasteiger partial charge in [0.2, 0.25) is 5.91 Å². The van der Waals surface area contributed by atoms with Gasteiger partial charge < -0.3 is 10.3 Å². The molecule has 3 rings (SSSR count). The number of hydrogen-bond acceptors (Lipinski definition) is 4. The number of nitrogens with zero attached hydrogens (tertiary/aromatic N) is 1. The zero-order valence-corrected chi connectivity index (χ0v) is 11.0. The zero-order chi connectivity index (χ0) is 13.1. The number of H-pyrrole nitrogens is 1. The lowest BCUT2D eigenvalue weighted by Crippen LogP contribution is -2.37. The summed E-state index contributed by atoms with van der Waals surface area (Å²) in [7, 11) is 0. The van der Waals surface area contributed by atoms with Crippen molar-refractivity contribution in [1.29, 1.82) is 0 Å². The van der Waals surface area contributed by atoms with Gasteiger partial charge >= 0.3 is 0 Å². The minimum Gasteiger partial charge on any atom is -0.345 e. The molecule has 5 nitrogen and oxygen atoms in total. The summed E-state index contributed by atoms with van der Waals surface area (Å²) in [5.41, 5.74) is 1.74. The highest BCUT2D eigenvalue weighted by Gasteiger charge is 2.22. The number of benzene rings is 1. The second kappa shape index (κ2) is 5.46. The highest BCUT2D eigenvalue weighted by molar-refractivity contribution is 7.99. The average Bonchev–Trinajstić information content (AvgIpc) is 3.13. The molecular weight excluding hydrogens is 260 g/mol. The number of carbonyl (C=O) groups is 1. The lowest BCUT2D eigenvalue weighted by Gasteiger charge is -2.11. The third-order valence-electron chi connectivity index (χ3n) is 2.93. The van der Waals surface area contributed by atoms with Gasteiger partial charge in [-0.05, 0) is 12.1 Å². The summed E-state index contributed by atoms with van der Waals surface area (Å²) in [5.74, 6) is 2.47. The molecule has 1 aliphatic heterocycles. The lowest BCUT2D eigenvalue weighted by atomic mass is 10.2. The van der Waals surface area contributed by atoms with Gasteiger partial charge in [-0.15, -0.1) is 11.8 Å². The summed E-state index contributed by atoms with van der Waals surface area (Å²) in [4.78, 5) is 19.3. The van der Waals surface area contributed by atoms with Crippen LogP contribution >= 0.6 is 11.8 Å². The van der Waals surface area contributed by atoms with E-state index in [1.165, 1.54) is 0 Å². The molecule has 0 bridgehead atoms. The van der Waals surface area contributed by atoms with Gasteiger partial charge in [-0.2, -0.15) is 0 Å². The topological polar surface area (TPSA) is 69.8 Å². The van der Waals surface area contributed by atoms with E-state index in [9.17, 15) is 4.79 Å². The van der Waals surface area contributed by atoms with Crippen molar-refractivity contribution in [2.45, 2.75) is 6.04 Å². The molecule has 1 fully saturated rings. The first-order valence-electron chi connectivity index (χ1n) is 6.05. The normalized spacial score (nSPS) is 18.4. The number of anilines is 1. The smallest absolute Gasteiger partial charge is 0.242 e. The van der Waals surface area contributed by atoms with E-state index < -0.39 is 0 Å². The van der Waals surface area contributed by atoms with Crippen molar-refractivity contribution in [2.75, 3.05) is 16.9 Å². The molecule has 1 unspecified atom stereocenters. The van der Waals surface area contributed by atoms with Crippen LogP contribution in [0.4, 0.5) is 5.69 Å². The Kier molecular flexibility index (Phi) is 3.52. The summed E-state index contributed by atoms with van der Waals surface area (Å²) in [6, 6.07) is 7.56. The Balaban J connectivity index is 1.74. The highest BCUT2D eigenvalue weighted by atomic mass is 32.2. The summed E-state index contributed by atoms with van der Waals surface area (Å²) in [6.07, 6.45) is 3.49. The second-order valence-electron chi connectivity index (χ2n) is 4.28. The van der Waals surface area contributed by atoms with E-state index in [1.807, 2.05) is 24.3 Å². The average molecular weight is 274 g/mol. The molecule has 1 aromatic heterocycles. The van der Waals surface area contributed by atoms with Crippen LogP contribution in [0, 0.1) is 0 Å². The molecule has 19 heavy (non-hydrogen) atoms. The number of imidazole rings is 1. The Hall–Kier alpha value is -1.79. The molecule has 0 saturated carbocycles. The molecule has 1 aromatic carbocycles. The predicted molar refractivity (Wildman–Crippen MR) is 76.9 cm³/mol. The second-order valence-corrected chi connectivity index (χ2v) is 5.31. The van der Waals surface area contributed by atoms with E-state index in [0.717, 1.165) is 28.7 Å². The monoisotopic (exact) mass is 274 g/mol. The predicted octanol–water partition coefficient (Wildman–Crippen LogP) is 1.68. The van der Waals surface area contributed by atoms with E-state index in [4.69, 9.17) is 0 Å². The largest absolute Gasteiger partial charge is 0.345 e. The fourth-order valence-electron chi connectivity index (χ4n) is 1.96. The Morgan fingerprint density at radius 1 is 1.47 bits per heavy atom. The van der Waals surface area contributed by atoms with E-state index in [0.29, 0.717) is 0 Å². The molecule has 1 atom stereocenters. The lowest BCUT2D eigenvalue weighted by molar-refractivity contribution is -0.117. The van der Waals surface area contributed by atoms with E-state index in [2.05, 4.69) is 20.6 Å². The maximum atomic E-state index is 12.0. The number of aromatic nitrogens is 2. The molecule has 1 aliphatic rings. The van der Waals surface area contributed by atoms with Crippen LogP contribution < -0.4 is 10.6 Å².